The highest BCUT2D eigenvalue weighted by Gasteiger charge is 2.22. The molecule has 3 rings (SSSR count). The summed E-state index contributed by atoms with van der Waals surface area (Å²) in [6.45, 7) is 2.74. The molecule has 1 aliphatic rings. The fourth-order valence-corrected chi connectivity index (χ4v) is 3.69. The van der Waals surface area contributed by atoms with Gasteiger partial charge in [-0.05, 0) is 62.0 Å². The summed E-state index contributed by atoms with van der Waals surface area (Å²) in [5, 5.41) is 7.95. The maximum atomic E-state index is 12.3. The lowest BCUT2D eigenvalue weighted by molar-refractivity contribution is -0.136. The highest BCUT2D eigenvalue weighted by molar-refractivity contribution is 6.39. The number of rotatable bonds is 6. The van der Waals surface area contributed by atoms with Crippen molar-refractivity contribution < 1.29 is 14.4 Å². The zero-order chi connectivity index (χ0) is 22.5. The molecule has 0 unspecified atom stereocenters. The molecule has 0 bridgehead atoms. The summed E-state index contributed by atoms with van der Waals surface area (Å²) in [6, 6.07) is 12.9. The molecule has 0 radical (unpaired) electrons. The van der Waals surface area contributed by atoms with Gasteiger partial charge in [0.1, 0.15) is 0 Å². The van der Waals surface area contributed by atoms with Crippen LogP contribution in [-0.4, -0.2) is 56.9 Å². The second-order valence-electron chi connectivity index (χ2n) is 7.96. The summed E-state index contributed by atoms with van der Waals surface area (Å²) in [4.78, 5) is 39.9. The van der Waals surface area contributed by atoms with E-state index in [0.29, 0.717) is 17.9 Å². The smallest absolute Gasteiger partial charge is 0.313 e. The molecule has 0 saturated heterocycles. The maximum Gasteiger partial charge on any atom is 0.313 e. The molecule has 2 aromatic rings. The first kappa shape index (κ1) is 22.3. The minimum absolute atomic E-state index is 0.0510. The number of anilines is 3. The van der Waals surface area contributed by atoms with E-state index in [0.717, 1.165) is 18.5 Å². The highest BCUT2D eigenvalue weighted by atomic mass is 16.2. The van der Waals surface area contributed by atoms with E-state index in [1.54, 1.807) is 24.3 Å². The summed E-state index contributed by atoms with van der Waals surface area (Å²) in [5.41, 5.74) is 4.74. The van der Waals surface area contributed by atoms with Gasteiger partial charge >= 0.3 is 11.8 Å². The predicted octanol–water partition coefficient (Wildman–Crippen LogP) is 1.99. The Morgan fingerprint density at radius 3 is 2.26 bits per heavy atom. The lowest BCUT2D eigenvalue weighted by Crippen LogP contribution is -2.40. The Hall–Kier alpha value is -3.39. The normalized spacial score (nSPS) is 13.5. The second-order valence-corrected chi connectivity index (χ2v) is 7.96. The number of carbonyl (C=O) groups is 3. The van der Waals surface area contributed by atoms with E-state index in [1.165, 1.54) is 18.2 Å². The van der Waals surface area contributed by atoms with E-state index in [1.807, 2.05) is 19.0 Å². The Bertz CT molecular complexity index is 972. The number of carbonyl (C=O) groups excluding carboxylic acids is 3. The van der Waals surface area contributed by atoms with Gasteiger partial charge in [-0.3, -0.25) is 14.4 Å². The molecule has 0 aromatic heterocycles. The Kier molecular flexibility index (Phi) is 6.91. The van der Waals surface area contributed by atoms with Crippen molar-refractivity contribution in [2.45, 2.75) is 19.4 Å². The van der Waals surface area contributed by atoms with Crippen molar-refractivity contribution in [3.05, 3.63) is 53.6 Å². The van der Waals surface area contributed by atoms with Gasteiger partial charge in [-0.15, -0.1) is 0 Å². The van der Waals surface area contributed by atoms with Crippen molar-refractivity contribution in [1.29, 1.82) is 0 Å². The summed E-state index contributed by atoms with van der Waals surface area (Å²) >= 11 is 0. The number of amides is 3. The third-order valence-corrected chi connectivity index (χ3v) is 5.36. The molecule has 1 atom stereocenters. The van der Waals surface area contributed by atoms with Gasteiger partial charge in [0.05, 0.1) is 6.04 Å². The standard InChI is InChI=1S/C23H29N5O3/c1-15(29)25-18-6-8-19(9-7-18)26-23(31)22(30)24-14-21(27(2)3)16-5-10-20-17(13-16)11-12-28(20)4/h5-10,13,21H,11-12,14H2,1-4H3,(H,24,30)(H,25,29)(H,26,31)/t21-/m1/s1. The number of hydrogen-bond donors (Lipinski definition) is 3. The quantitative estimate of drug-likeness (QED) is 0.618. The van der Waals surface area contributed by atoms with Crippen LogP contribution in [0, 0.1) is 0 Å². The molecule has 3 N–H and O–H groups in total. The topological polar surface area (TPSA) is 93.8 Å². The summed E-state index contributed by atoms with van der Waals surface area (Å²) < 4.78 is 0. The molecule has 0 fully saturated rings. The number of nitrogens with one attached hydrogen (secondary N) is 3. The van der Waals surface area contributed by atoms with Crippen LogP contribution in [0.25, 0.3) is 0 Å². The number of benzene rings is 2. The number of likely N-dealkylation sites (N-methyl/N-ethyl adjacent to an activating group) is 2. The van der Waals surface area contributed by atoms with Crippen molar-refractivity contribution >= 4 is 34.8 Å². The van der Waals surface area contributed by atoms with Crippen LogP contribution < -0.4 is 20.9 Å². The van der Waals surface area contributed by atoms with Gasteiger partial charge in [-0.2, -0.15) is 0 Å². The van der Waals surface area contributed by atoms with Crippen molar-refractivity contribution in [2.75, 3.05) is 49.8 Å². The van der Waals surface area contributed by atoms with Crippen molar-refractivity contribution in [3.63, 3.8) is 0 Å². The molecule has 0 saturated carbocycles. The molecular formula is C23H29N5O3. The first-order valence-electron chi connectivity index (χ1n) is 10.2. The maximum absolute atomic E-state index is 12.3. The molecule has 164 valence electrons. The van der Waals surface area contributed by atoms with Crippen LogP contribution in [0.5, 0.6) is 0 Å². The van der Waals surface area contributed by atoms with E-state index in [-0.39, 0.29) is 11.9 Å². The molecule has 0 aliphatic carbocycles. The summed E-state index contributed by atoms with van der Waals surface area (Å²) in [5.74, 6) is -1.61. The van der Waals surface area contributed by atoms with Gasteiger partial charge in [-0.1, -0.05) is 12.1 Å². The van der Waals surface area contributed by atoms with E-state index >= 15 is 0 Å². The van der Waals surface area contributed by atoms with Gasteiger partial charge in [0, 0.05) is 44.1 Å². The molecule has 2 aromatic carbocycles. The zero-order valence-corrected chi connectivity index (χ0v) is 18.4. The second kappa shape index (κ2) is 9.61. The van der Waals surface area contributed by atoms with Gasteiger partial charge in [0.15, 0.2) is 0 Å². The number of hydrogen-bond acceptors (Lipinski definition) is 5. The first-order chi connectivity index (χ1) is 14.7. The number of nitrogens with zero attached hydrogens (tertiary/aromatic N) is 2. The van der Waals surface area contributed by atoms with Crippen LogP contribution in [0.3, 0.4) is 0 Å². The Labute approximate surface area is 182 Å². The molecule has 1 aliphatic heterocycles. The Morgan fingerprint density at radius 1 is 1.00 bits per heavy atom. The van der Waals surface area contributed by atoms with Crippen LogP contribution in [0.2, 0.25) is 0 Å². The fourth-order valence-electron chi connectivity index (χ4n) is 3.69. The van der Waals surface area contributed by atoms with Crippen LogP contribution in [0.1, 0.15) is 24.1 Å². The molecule has 3 amide bonds. The third kappa shape index (κ3) is 5.61. The Balaban J connectivity index is 1.58. The van der Waals surface area contributed by atoms with Crippen LogP contribution in [-0.2, 0) is 20.8 Å². The lowest BCUT2D eigenvalue weighted by atomic mass is 10.0. The minimum Gasteiger partial charge on any atom is -0.374 e. The van der Waals surface area contributed by atoms with E-state index in [4.69, 9.17) is 0 Å². The fraction of sp³-hybridized carbons (Fsp3) is 0.348. The number of fused-ring (bicyclic) bond motifs is 1. The lowest BCUT2D eigenvalue weighted by Gasteiger charge is -2.26. The monoisotopic (exact) mass is 423 g/mol. The van der Waals surface area contributed by atoms with E-state index in [9.17, 15) is 14.4 Å². The first-order valence-corrected chi connectivity index (χ1v) is 10.2. The largest absolute Gasteiger partial charge is 0.374 e. The molecule has 31 heavy (non-hydrogen) atoms. The van der Waals surface area contributed by atoms with Crippen LogP contribution in [0.15, 0.2) is 42.5 Å². The van der Waals surface area contributed by atoms with Gasteiger partial charge < -0.3 is 25.8 Å². The summed E-state index contributed by atoms with van der Waals surface area (Å²) in [6.07, 6.45) is 1.01. The van der Waals surface area contributed by atoms with Crippen molar-refractivity contribution in [3.8, 4) is 0 Å². The molecule has 8 heteroatoms. The highest BCUT2D eigenvalue weighted by Crippen LogP contribution is 2.30. The SMILES string of the molecule is CC(=O)Nc1ccc(NC(=O)C(=O)NC[C@H](c2ccc3c(c2)CCN3C)N(C)C)cc1. The summed E-state index contributed by atoms with van der Waals surface area (Å²) in [7, 11) is 5.99. The molecule has 1 heterocycles. The van der Waals surface area contributed by atoms with Gasteiger partial charge in [-0.25, -0.2) is 0 Å². The van der Waals surface area contributed by atoms with Crippen molar-refractivity contribution in [1.82, 2.24) is 10.2 Å². The van der Waals surface area contributed by atoms with E-state index in [2.05, 4.69) is 46.1 Å². The third-order valence-electron chi connectivity index (χ3n) is 5.36. The average Bonchev–Trinajstić information content (AvgIpc) is 3.09. The van der Waals surface area contributed by atoms with Gasteiger partial charge in [0.2, 0.25) is 5.91 Å². The van der Waals surface area contributed by atoms with Crippen LogP contribution >= 0.6 is 0 Å². The zero-order valence-electron chi connectivity index (χ0n) is 18.4. The van der Waals surface area contributed by atoms with Crippen LogP contribution in [0.4, 0.5) is 17.1 Å². The van der Waals surface area contributed by atoms with Crippen molar-refractivity contribution in [2.24, 2.45) is 0 Å². The molecule has 0 spiro atoms. The van der Waals surface area contributed by atoms with Gasteiger partial charge in [0.25, 0.3) is 0 Å². The predicted molar refractivity (Wildman–Crippen MR) is 122 cm³/mol. The Morgan fingerprint density at radius 2 is 1.65 bits per heavy atom. The molecular weight excluding hydrogens is 394 g/mol. The van der Waals surface area contributed by atoms with E-state index < -0.39 is 11.8 Å². The average molecular weight is 424 g/mol. The minimum atomic E-state index is -0.736. The molecule has 8 nitrogen and oxygen atoms in total.